The van der Waals surface area contributed by atoms with Crippen molar-refractivity contribution in [3.8, 4) is 0 Å². The Labute approximate surface area is 80.3 Å². The second-order valence-electron chi connectivity index (χ2n) is 3.92. The van der Waals surface area contributed by atoms with E-state index in [2.05, 4.69) is 0 Å². The first-order chi connectivity index (χ1) is 6.20. The minimum atomic E-state index is -0.498. The summed E-state index contributed by atoms with van der Waals surface area (Å²) in [5.41, 5.74) is 4.95. The molecule has 0 unspecified atom stereocenters. The quantitative estimate of drug-likeness (QED) is 0.691. The Morgan fingerprint density at radius 3 is 2.54 bits per heavy atom. The highest BCUT2D eigenvalue weighted by Crippen LogP contribution is 2.31. The monoisotopic (exact) mass is 187 g/mol. The fraction of sp³-hybridized carbons (Fsp3) is 1.00. The molecule has 0 spiro atoms. The Kier molecular flexibility index (Phi) is 4.16. The van der Waals surface area contributed by atoms with Crippen molar-refractivity contribution in [3.05, 3.63) is 0 Å². The van der Waals surface area contributed by atoms with Crippen molar-refractivity contribution in [2.75, 3.05) is 13.2 Å². The molecule has 1 rings (SSSR count). The Hall–Kier alpha value is -0.120. The summed E-state index contributed by atoms with van der Waals surface area (Å²) < 4.78 is 5.51. The zero-order chi connectivity index (χ0) is 9.73. The lowest BCUT2D eigenvalue weighted by Gasteiger charge is -2.35. The van der Waals surface area contributed by atoms with Crippen LogP contribution in [0.1, 0.15) is 39.0 Å². The first kappa shape index (κ1) is 11.0. The van der Waals surface area contributed by atoms with Gasteiger partial charge < -0.3 is 15.6 Å². The predicted octanol–water partition coefficient (Wildman–Crippen LogP) is 1.05. The molecule has 13 heavy (non-hydrogen) atoms. The Morgan fingerprint density at radius 2 is 2.08 bits per heavy atom. The molecule has 0 atom stereocenters. The third kappa shape index (κ3) is 3.25. The molecule has 0 aromatic rings. The molecule has 0 saturated heterocycles. The van der Waals surface area contributed by atoms with Crippen molar-refractivity contribution in [2.24, 2.45) is 5.73 Å². The maximum atomic E-state index is 10.0. The highest BCUT2D eigenvalue weighted by Gasteiger charge is 2.32. The van der Waals surface area contributed by atoms with Gasteiger partial charge in [0.2, 0.25) is 0 Å². The van der Waals surface area contributed by atoms with E-state index < -0.39 is 5.60 Å². The summed E-state index contributed by atoms with van der Waals surface area (Å²) in [5, 5.41) is 10.0. The van der Waals surface area contributed by atoms with Gasteiger partial charge in [0.1, 0.15) is 0 Å². The van der Waals surface area contributed by atoms with Gasteiger partial charge in [0.25, 0.3) is 0 Å². The molecule has 78 valence electrons. The van der Waals surface area contributed by atoms with Crippen LogP contribution < -0.4 is 5.73 Å². The van der Waals surface area contributed by atoms with Gasteiger partial charge in [-0.15, -0.1) is 0 Å². The average molecular weight is 187 g/mol. The van der Waals surface area contributed by atoms with Crippen molar-refractivity contribution in [1.29, 1.82) is 0 Å². The van der Waals surface area contributed by atoms with Crippen LogP contribution in [0.4, 0.5) is 0 Å². The topological polar surface area (TPSA) is 55.5 Å². The normalized spacial score (nSPS) is 34.8. The summed E-state index contributed by atoms with van der Waals surface area (Å²) in [6.45, 7) is 3.37. The fourth-order valence-electron chi connectivity index (χ4n) is 2.05. The van der Waals surface area contributed by atoms with Crippen LogP contribution in [0.15, 0.2) is 0 Å². The second kappa shape index (κ2) is 4.94. The lowest BCUT2D eigenvalue weighted by molar-refractivity contribution is -0.0558. The third-order valence-corrected chi connectivity index (χ3v) is 2.88. The molecule has 3 N–H and O–H groups in total. The van der Waals surface area contributed by atoms with Gasteiger partial charge in [0, 0.05) is 6.61 Å². The first-order valence-corrected chi connectivity index (χ1v) is 5.24. The SMILES string of the molecule is CCOC1CCC(O)(CCN)CC1. The number of ether oxygens (including phenoxy) is 1. The molecular formula is C10H21NO2. The van der Waals surface area contributed by atoms with Gasteiger partial charge in [0.05, 0.1) is 11.7 Å². The number of hydrogen-bond donors (Lipinski definition) is 2. The van der Waals surface area contributed by atoms with Crippen LogP contribution in [0, 0.1) is 0 Å². The van der Waals surface area contributed by atoms with Gasteiger partial charge in [-0.3, -0.25) is 0 Å². The van der Waals surface area contributed by atoms with Gasteiger partial charge in [0.15, 0.2) is 0 Å². The zero-order valence-corrected chi connectivity index (χ0v) is 8.46. The lowest BCUT2D eigenvalue weighted by atomic mass is 9.81. The molecule has 3 heteroatoms. The van der Waals surface area contributed by atoms with Gasteiger partial charge in [-0.05, 0) is 45.6 Å². The van der Waals surface area contributed by atoms with Crippen LogP contribution in [0.25, 0.3) is 0 Å². The van der Waals surface area contributed by atoms with E-state index in [0.717, 1.165) is 38.7 Å². The third-order valence-electron chi connectivity index (χ3n) is 2.88. The number of hydrogen-bond acceptors (Lipinski definition) is 3. The van der Waals surface area contributed by atoms with Crippen LogP contribution in [-0.4, -0.2) is 30.0 Å². The Balaban J connectivity index is 2.28. The second-order valence-corrected chi connectivity index (χ2v) is 3.92. The van der Waals surface area contributed by atoms with Gasteiger partial charge in [-0.2, -0.15) is 0 Å². The Morgan fingerprint density at radius 1 is 1.46 bits per heavy atom. The van der Waals surface area contributed by atoms with Crippen molar-refractivity contribution < 1.29 is 9.84 Å². The van der Waals surface area contributed by atoms with E-state index in [-0.39, 0.29) is 0 Å². The Bertz CT molecular complexity index is 142. The minimum Gasteiger partial charge on any atom is -0.390 e. The van der Waals surface area contributed by atoms with E-state index >= 15 is 0 Å². The van der Waals surface area contributed by atoms with E-state index in [9.17, 15) is 5.11 Å². The predicted molar refractivity (Wildman–Crippen MR) is 52.5 cm³/mol. The number of rotatable bonds is 4. The smallest absolute Gasteiger partial charge is 0.0661 e. The summed E-state index contributed by atoms with van der Waals surface area (Å²) in [6.07, 6.45) is 4.73. The molecule has 3 nitrogen and oxygen atoms in total. The molecule has 0 bridgehead atoms. The largest absolute Gasteiger partial charge is 0.390 e. The molecule has 0 radical (unpaired) electrons. The molecule has 0 heterocycles. The highest BCUT2D eigenvalue weighted by atomic mass is 16.5. The van der Waals surface area contributed by atoms with Crippen LogP contribution >= 0.6 is 0 Å². The molecule has 0 aromatic heterocycles. The van der Waals surface area contributed by atoms with Crippen molar-refractivity contribution in [1.82, 2.24) is 0 Å². The van der Waals surface area contributed by atoms with E-state index in [4.69, 9.17) is 10.5 Å². The molecule has 1 aliphatic carbocycles. The fourth-order valence-corrected chi connectivity index (χ4v) is 2.05. The van der Waals surface area contributed by atoms with E-state index in [0.29, 0.717) is 12.6 Å². The van der Waals surface area contributed by atoms with Crippen molar-refractivity contribution in [2.45, 2.75) is 50.7 Å². The molecule has 0 aliphatic heterocycles. The van der Waals surface area contributed by atoms with Crippen LogP contribution in [0.5, 0.6) is 0 Å². The standard InChI is InChI=1S/C10H21NO2/c1-2-13-9-3-5-10(12,6-4-9)7-8-11/h9,12H,2-8,11H2,1H3. The van der Waals surface area contributed by atoms with Gasteiger partial charge in [-0.25, -0.2) is 0 Å². The maximum Gasteiger partial charge on any atom is 0.0661 e. The first-order valence-electron chi connectivity index (χ1n) is 5.24. The molecule has 1 fully saturated rings. The number of aliphatic hydroxyl groups is 1. The summed E-state index contributed by atoms with van der Waals surface area (Å²) in [7, 11) is 0. The van der Waals surface area contributed by atoms with Crippen molar-refractivity contribution >= 4 is 0 Å². The van der Waals surface area contributed by atoms with E-state index in [1.807, 2.05) is 6.92 Å². The summed E-state index contributed by atoms with van der Waals surface area (Å²) in [4.78, 5) is 0. The molecule has 1 saturated carbocycles. The average Bonchev–Trinajstić information content (AvgIpc) is 2.10. The van der Waals surface area contributed by atoms with E-state index in [1.54, 1.807) is 0 Å². The zero-order valence-electron chi connectivity index (χ0n) is 8.46. The van der Waals surface area contributed by atoms with Gasteiger partial charge in [-0.1, -0.05) is 0 Å². The van der Waals surface area contributed by atoms with Crippen LogP contribution in [-0.2, 0) is 4.74 Å². The molecule has 1 aliphatic rings. The van der Waals surface area contributed by atoms with Crippen LogP contribution in [0.3, 0.4) is 0 Å². The van der Waals surface area contributed by atoms with Crippen LogP contribution in [0.2, 0.25) is 0 Å². The lowest BCUT2D eigenvalue weighted by Crippen LogP contribution is -2.38. The maximum absolute atomic E-state index is 10.0. The van der Waals surface area contributed by atoms with E-state index in [1.165, 1.54) is 0 Å². The minimum absolute atomic E-state index is 0.364. The van der Waals surface area contributed by atoms with Gasteiger partial charge >= 0.3 is 0 Å². The summed E-state index contributed by atoms with van der Waals surface area (Å²) in [5.74, 6) is 0. The van der Waals surface area contributed by atoms with Crippen molar-refractivity contribution in [3.63, 3.8) is 0 Å². The molecule has 0 aromatic carbocycles. The number of nitrogens with two attached hydrogens (primary N) is 1. The molecule has 0 amide bonds. The highest BCUT2D eigenvalue weighted by molar-refractivity contribution is 4.85. The summed E-state index contributed by atoms with van der Waals surface area (Å²) >= 11 is 0. The molecular weight excluding hydrogens is 166 g/mol. The summed E-state index contributed by atoms with van der Waals surface area (Å²) in [6, 6.07) is 0.